The van der Waals surface area contributed by atoms with Crippen molar-refractivity contribution < 1.29 is 14.1 Å². The lowest BCUT2D eigenvalue weighted by Crippen LogP contribution is -2.25. The summed E-state index contributed by atoms with van der Waals surface area (Å²) in [5, 5.41) is 17.9. The molecule has 1 amide bonds. The van der Waals surface area contributed by atoms with E-state index in [-0.39, 0.29) is 18.0 Å². The molecule has 0 spiro atoms. The van der Waals surface area contributed by atoms with Gasteiger partial charge in [-0.3, -0.25) is 14.9 Å². The molecular weight excluding hydrogens is 419 g/mol. The van der Waals surface area contributed by atoms with Gasteiger partial charge < -0.3 is 5.32 Å². The largest absolute Gasteiger partial charge is 0.376 e. The van der Waals surface area contributed by atoms with Crippen molar-refractivity contribution in [3.05, 3.63) is 93.8 Å². The van der Waals surface area contributed by atoms with Crippen molar-refractivity contribution >= 4 is 35.3 Å². The Morgan fingerprint density at radius 1 is 1.13 bits per heavy atom. The molecule has 0 unspecified atom stereocenters. The molecule has 3 aromatic carbocycles. The smallest absolute Gasteiger partial charge is 0.270 e. The number of non-ortho nitro benzene ring substituents is 1. The Morgan fingerprint density at radius 3 is 2.52 bits per heavy atom. The summed E-state index contributed by atoms with van der Waals surface area (Å²) in [6.07, 6.45) is 1.37. The predicted molar refractivity (Wildman–Crippen MR) is 119 cm³/mol. The summed E-state index contributed by atoms with van der Waals surface area (Å²) in [7, 11) is 0. The summed E-state index contributed by atoms with van der Waals surface area (Å²) in [4.78, 5) is 24.4. The second-order valence-corrected chi connectivity index (χ2v) is 7.66. The summed E-state index contributed by atoms with van der Waals surface area (Å²) in [6.45, 7) is 1.93. The number of carbonyl (C=O) groups excluding carboxylic acids is 1. The van der Waals surface area contributed by atoms with Crippen LogP contribution >= 0.6 is 11.8 Å². The molecule has 0 heterocycles. The van der Waals surface area contributed by atoms with Crippen molar-refractivity contribution in [3.8, 4) is 0 Å². The van der Waals surface area contributed by atoms with Gasteiger partial charge in [0, 0.05) is 33.2 Å². The zero-order valence-corrected chi connectivity index (χ0v) is 17.4. The number of nitrogens with zero attached hydrogens (tertiary/aromatic N) is 2. The molecule has 0 aliphatic heterocycles. The second-order valence-electron chi connectivity index (χ2n) is 6.55. The monoisotopic (exact) mass is 438 g/mol. The molecule has 0 atom stereocenters. The fraction of sp³-hybridized carbons (Fsp3) is 0.0909. The highest BCUT2D eigenvalue weighted by Gasteiger charge is 2.11. The van der Waals surface area contributed by atoms with E-state index in [1.807, 2.05) is 31.2 Å². The van der Waals surface area contributed by atoms with Gasteiger partial charge in [-0.25, -0.2) is 9.82 Å². The van der Waals surface area contributed by atoms with Crippen LogP contribution in [0.3, 0.4) is 0 Å². The van der Waals surface area contributed by atoms with Crippen molar-refractivity contribution in [1.82, 2.24) is 5.43 Å². The number of hydrogen-bond donors (Lipinski definition) is 2. The minimum atomic E-state index is -0.483. The Labute approximate surface area is 182 Å². The topological polar surface area (TPSA) is 96.6 Å². The number of anilines is 1. The van der Waals surface area contributed by atoms with Crippen molar-refractivity contribution in [2.24, 2.45) is 5.10 Å². The van der Waals surface area contributed by atoms with E-state index in [0.717, 1.165) is 15.4 Å². The van der Waals surface area contributed by atoms with Crippen molar-refractivity contribution in [2.75, 3.05) is 11.9 Å². The van der Waals surface area contributed by atoms with Gasteiger partial charge in [-0.2, -0.15) is 5.10 Å². The SMILES string of the molecule is Cc1ccc(Sc2ccc([N+](=O)[O-])cc2C=NNC(=O)CNc2ccc(F)cc2)cc1. The van der Waals surface area contributed by atoms with Gasteiger partial charge in [0.05, 0.1) is 17.7 Å². The first-order valence-electron chi connectivity index (χ1n) is 9.25. The molecule has 0 aliphatic carbocycles. The van der Waals surface area contributed by atoms with Gasteiger partial charge in [0.15, 0.2) is 0 Å². The molecule has 7 nitrogen and oxygen atoms in total. The molecule has 158 valence electrons. The summed E-state index contributed by atoms with van der Waals surface area (Å²) in [6, 6.07) is 18.0. The second kappa shape index (κ2) is 10.4. The van der Waals surface area contributed by atoms with Gasteiger partial charge in [-0.1, -0.05) is 29.5 Å². The van der Waals surface area contributed by atoms with Crippen molar-refractivity contribution in [3.63, 3.8) is 0 Å². The van der Waals surface area contributed by atoms with E-state index in [1.165, 1.54) is 54.4 Å². The Balaban J connectivity index is 1.67. The zero-order valence-electron chi connectivity index (χ0n) is 16.5. The highest BCUT2D eigenvalue weighted by molar-refractivity contribution is 7.99. The highest BCUT2D eigenvalue weighted by Crippen LogP contribution is 2.32. The minimum absolute atomic E-state index is 0.0666. The summed E-state index contributed by atoms with van der Waals surface area (Å²) >= 11 is 1.44. The first-order valence-corrected chi connectivity index (χ1v) is 10.1. The average Bonchev–Trinajstić information content (AvgIpc) is 2.76. The van der Waals surface area contributed by atoms with Gasteiger partial charge in [-0.05, 0) is 49.4 Å². The van der Waals surface area contributed by atoms with Crippen LogP contribution in [-0.4, -0.2) is 23.6 Å². The third-order valence-corrected chi connectivity index (χ3v) is 5.24. The number of nitrogens with one attached hydrogen (secondary N) is 2. The van der Waals surface area contributed by atoms with Crippen LogP contribution in [-0.2, 0) is 4.79 Å². The van der Waals surface area contributed by atoms with Crippen LogP contribution in [0.1, 0.15) is 11.1 Å². The average molecular weight is 438 g/mol. The first-order chi connectivity index (χ1) is 14.9. The number of hydrogen-bond acceptors (Lipinski definition) is 6. The molecule has 31 heavy (non-hydrogen) atoms. The maximum Gasteiger partial charge on any atom is 0.270 e. The maximum atomic E-state index is 12.9. The summed E-state index contributed by atoms with van der Waals surface area (Å²) in [5.74, 6) is -0.783. The normalized spacial score (nSPS) is 10.8. The zero-order chi connectivity index (χ0) is 22.2. The quantitative estimate of drug-likeness (QED) is 0.300. The number of amides is 1. The van der Waals surface area contributed by atoms with Crippen LogP contribution in [0.2, 0.25) is 0 Å². The number of hydrazone groups is 1. The first kappa shape index (κ1) is 22.0. The molecule has 0 bridgehead atoms. The van der Waals surface area contributed by atoms with Crippen LogP contribution in [0.15, 0.2) is 81.6 Å². The molecule has 0 saturated carbocycles. The van der Waals surface area contributed by atoms with Gasteiger partial charge in [0.2, 0.25) is 0 Å². The summed E-state index contributed by atoms with van der Waals surface area (Å²) < 4.78 is 12.9. The molecule has 0 radical (unpaired) electrons. The number of aryl methyl sites for hydroxylation is 1. The Bertz CT molecular complexity index is 1100. The number of nitro groups is 1. The summed E-state index contributed by atoms with van der Waals surface area (Å²) in [5.41, 5.74) is 4.54. The van der Waals surface area contributed by atoms with Crippen LogP contribution in [0, 0.1) is 22.9 Å². The number of carbonyl (C=O) groups is 1. The van der Waals surface area contributed by atoms with Gasteiger partial charge >= 0.3 is 0 Å². The van der Waals surface area contributed by atoms with Crippen molar-refractivity contribution in [1.29, 1.82) is 0 Å². The highest BCUT2D eigenvalue weighted by atomic mass is 32.2. The van der Waals surface area contributed by atoms with E-state index in [4.69, 9.17) is 0 Å². The van der Waals surface area contributed by atoms with Crippen LogP contribution in [0.5, 0.6) is 0 Å². The fourth-order valence-electron chi connectivity index (χ4n) is 2.54. The van der Waals surface area contributed by atoms with Gasteiger partial charge in [-0.15, -0.1) is 0 Å². The number of nitro benzene ring substituents is 1. The van der Waals surface area contributed by atoms with Crippen LogP contribution in [0.4, 0.5) is 15.8 Å². The Hall–Kier alpha value is -3.72. The fourth-order valence-corrected chi connectivity index (χ4v) is 3.43. The molecule has 9 heteroatoms. The molecule has 0 fully saturated rings. The molecule has 3 aromatic rings. The Kier molecular flexibility index (Phi) is 7.34. The number of benzene rings is 3. The van der Waals surface area contributed by atoms with Crippen LogP contribution in [0.25, 0.3) is 0 Å². The van der Waals surface area contributed by atoms with E-state index in [9.17, 15) is 19.3 Å². The third-order valence-electron chi connectivity index (χ3n) is 4.14. The molecule has 2 N–H and O–H groups in total. The molecule has 0 aliphatic rings. The minimum Gasteiger partial charge on any atom is -0.376 e. The lowest BCUT2D eigenvalue weighted by molar-refractivity contribution is -0.384. The van der Waals surface area contributed by atoms with E-state index in [0.29, 0.717) is 11.3 Å². The van der Waals surface area contributed by atoms with E-state index in [2.05, 4.69) is 15.8 Å². The van der Waals surface area contributed by atoms with E-state index < -0.39 is 10.8 Å². The van der Waals surface area contributed by atoms with E-state index in [1.54, 1.807) is 6.07 Å². The number of halogens is 1. The lowest BCUT2D eigenvalue weighted by Gasteiger charge is -2.07. The van der Waals surface area contributed by atoms with Crippen LogP contribution < -0.4 is 10.7 Å². The number of rotatable bonds is 8. The molecule has 3 rings (SSSR count). The Morgan fingerprint density at radius 2 is 1.84 bits per heavy atom. The molecular formula is C22H19FN4O3S. The van der Waals surface area contributed by atoms with Gasteiger partial charge in [0.1, 0.15) is 5.82 Å². The molecule has 0 aromatic heterocycles. The maximum absolute atomic E-state index is 12.9. The predicted octanol–water partition coefficient (Wildman–Crippen LogP) is 4.76. The van der Waals surface area contributed by atoms with Crippen molar-refractivity contribution in [2.45, 2.75) is 16.7 Å². The van der Waals surface area contributed by atoms with Gasteiger partial charge in [0.25, 0.3) is 11.6 Å². The standard InChI is InChI=1S/C22H19FN4O3S/c1-15-2-9-20(10-3-15)31-21-11-8-19(27(29)30)12-16(21)13-25-26-22(28)14-24-18-6-4-17(23)5-7-18/h2-13,24H,14H2,1H3,(H,26,28). The third kappa shape index (κ3) is 6.65. The van der Waals surface area contributed by atoms with E-state index >= 15 is 0 Å². The lowest BCUT2D eigenvalue weighted by atomic mass is 10.2. The molecule has 0 saturated heterocycles.